The van der Waals surface area contributed by atoms with E-state index < -0.39 is 0 Å². The Hall–Kier alpha value is -2.43. The second kappa shape index (κ2) is 4.84. The van der Waals surface area contributed by atoms with Crippen molar-refractivity contribution < 1.29 is 4.74 Å². The summed E-state index contributed by atoms with van der Waals surface area (Å²) in [5.74, 6) is 2.92. The number of methoxy groups -OCH3 is 1. The average molecular weight is 280 g/mol. The van der Waals surface area contributed by atoms with Crippen LogP contribution in [0.4, 0.5) is 0 Å². The van der Waals surface area contributed by atoms with Crippen molar-refractivity contribution in [3.05, 3.63) is 42.4 Å². The quantitative estimate of drug-likeness (QED) is 0.740. The minimum absolute atomic E-state index is 0.504. The molecule has 0 bridgehead atoms. The van der Waals surface area contributed by atoms with Crippen molar-refractivity contribution in [2.24, 2.45) is 0 Å². The van der Waals surface area contributed by atoms with E-state index in [2.05, 4.69) is 15.1 Å². The Kier molecular flexibility index (Phi) is 2.84. The van der Waals surface area contributed by atoms with Gasteiger partial charge in [-0.2, -0.15) is 9.50 Å². The Morgan fingerprint density at radius 1 is 1.24 bits per heavy atom. The fourth-order valence-electron chi connectivity index (χ4n) is 2.65. The average Bonchev–Trinajstić information content (AvgIpc) is 2.88. The van der Waals surface area contributed by atoms with Crippen LogP contribution in [0.5, 0.6) is 5.75 Å². The second-order valence-corrected chi connectivity index (χ2v) is 5.37. The Labute approximate surface area is 122 Å². The molecule has 1 aliphatic carbocycles. The molecule has 5 heteroatoms. The van der Waals surface area contributed by atoms with E-state index in [9.17, 15) is 0 Å². The van der Waals surface area contributed by atoms with Crippen LogP contribution in [0.25, 0.3) is 17.0 Å². The van der Waals surface area contributed by atoms with Crippen LogP contribution in [0, 0.1) is 0 Å². The zero-order valence-electron chi connectivity index (χ0n) is 11.9. The molecule has 2 heterocycles. The number of nitrogens with zero attached hydrogens (tertiary/aromatic N) is 4. The van der Waals surface area contributed by atoms with Gasteiger partial charge in [0, 0.05) is 17.7 Å². The minimum Gasteiger partial charge on any atom is -0.497 e. The largest absolute Gasteiger partial charge is 0.497 e. The molecule has 0 atom stereocenters. The maximum absolute atomic E-state index is 5.30. The van der Waals surface area contributed by atoms with Crippen LogP contribution < -0.4 is 4.74 Å². The number of hydrogen-bond acceptors (Lipinski definition) is 4. The molecule has 0 unspecified atom stereocenters. The van der Waals surface area contributed by atoms with Gasteiger partial charge >= 0.3 is 0 Å². The number of ether oxygens (including phenoxy) is 1. The van der Waals surface area contributed by atoms with E-state index in [-0.39, 0.29) is 0 Å². The van der Waals surface area contributed by atoms with Gasteiger partial charge in [0.05, 0.1) is 12.8 Å². The molecule has 1 fully saturated rings. The Morgan fingerprint density at radius 2 is 2.14 bits per heavy atom. The molecule has 1 saturated carbocycles. The van der Waals surface area contributed by atoms with Crippen LogP contribution in [-0.4, -0.2) is 26.7 Å². The molecule has 4 rings (SSSR count). The van der Waals surface area contributed by atoms with E-state index in [4.69, 9.17) is 4.74 Å². The van der Waals surface area contributed by atoms with E-state index in [0.29, 0.717) is 11.7 Å². The highest BCUT2D eigenvalue weighted by Gasteiger charge is 2.24. The molecule has 106 valence electrons. The van der Waals surface area contributed by atoms with Gasteiger partial charge in [0.2, 0.25) is 0 Å². The lowest BCUT2D eigenvalue weighted by atomic mass is 9.85. The highest BCUT2D eigenvalue weighted by molar-refractivity contribution is 5.63. The molecule has 5 nitrogen and oxygen atoms in total. The molecular formula is C16H16N4O. The SMILES string of the molecule is COc1cccc(-c2ccnc3nc(C4CCC4)nn23)c1. The van der Waals surface area contributed by atoms with Crippen LogP contribution in [0.3, 0.4) is 0 Å². The van der Waals surface area contributed by atoms with Crippen molar-refractivity contribution in [1.82, 2.24) is 19.6 Å². The van der Waals surface area contributed by atoms with Crippen molar-refractivity contribution in [2.75, 3.05) is 7.11 Å². The summed E-state index contributed by atoms with van der Waals surface area (Å²) in [7, 11) is 1.67. The summed E-state index contributed by atoms with van der Waals surface area (Å²) in [4.78, 5) is 8.90. The topological polar surface area (TPSA) is 52.3 Å². The number of fused-ring (bicyclic) bond motifs is 1. The maximum atomic E-state index is 5.30. The molecule has 2 aromatic heterocycles. The van der Waals surface area contributed by atoms with Crippen LogP contribution in [-0.2, 0) is 0 Å². The van der Waals surface area contributed by atoms with Gasteiger partial charge in [-0.25, -0.2) is 4.98 Å². The summed E-state index contributed by atoms with van der Waals surface area (Å²) in [5.41, 5.74) is 2.03. The molecule has 0 N–H and O–H groups in total. The second-order valence-electron chi connectivity index (χ2n) is 5.37. The van der Waals surface area contributed by atoms with Crippen LogP contribution in [0.15, 0.2) is 36.5 Å². The third-order valence-electron chi connectivity index (χ3n) is 4.09. The summed E-state index contributed by atoms with van der Waals surface area (Å²) in [6.45, 7) is 0. The lowest BCUT2D eigenvalue weighted by molar-refractivity contribution is 0.402. The molecule has 1 aromatic carbocycles. The Morgan fingerprint density at radius 3 is 2.90 bits per heavy atom. The number of aromatic nitrogens is 4. The summed E-state index contributed by atoms with van der Waals surface area (Å²) in [5, 5.41) is 4.67. The fraction of sp³-hybridized carbons (Fsp3) is 0.312. The van der Waals surface area contributed by atoms with Gasteiger partial charge in [-0.1, -0.05) is 18.6 Å². The third-order valence-corrected chi connectivity index (χ3v) is 4.09. The van der Waals surface area contributed by atoms with Gasteiger partial charge in [-0.15, -0.1) is 5.10 Å². The van der Waals surface area contributed by atoms with E-state index >= 15 is 0 Å². The summed E-state index contributed by atoms with van der Waals surface area (Å²) >= 11 is 0. The molecule has 1 aliphatic rings. The van der Waals surface area contributed by atoms with Crippen molar-refractivity contribution in [1.29, 1.82) is 0 Å². The van der Waals surface area contributed by atoms with E-state index in [0.717, 1.165) is 22.8 Å². The first kappa shape index (κ1) is 12.3. The van der Waals surface area contributed by atoms with Crippen LogP contribution >= 0.6 is 0 Å². The lowest BCUT2D eigenvalue weighted by Crippen LogP contribution is -2.10. The molecule has 3 aromatic rings. The molecule has 21 heavy (non-hydrogen) atoms. The molecular weight excluding hydrogens is 264 g/mol. The minimum atomic E-state index is 0.504. The van der Waals surface area contributed by atoms with Gasteiger partial charge in [-0.3, -0.25) is 0 Å². The third kappa shape index (κ3) is 2.05. The molecule has 0 spiro atoms. The van der Waals surface area contributed by atoms with Crippen molar-refractivity contribution in [3.8, 4) is 17.0 Å². The molecule has 0 amide bonds. The lowest BCUT2D eigenvalue weighted by Gasteiger charge is -2.21. The van der Waals surface area contributed by atoms with E-state index in [1.54, 1.807) is 13.3 Å². The van der Waals surface area contributed by atoms with Gasteiger partial charge < -0.3 is 4.74 Å². The van der Waals surface area contributed by atoms with Gasteiger partial charge in [-0.05, 0) is 31.0 Å². The van der Waals surface area contributed by atoms with Gasteiger partial charge in [0.25, 0.3) is 5.78 Å². The summed E-state index contributed by atoms with van der Waals surface area (Å²) in [6, 6.07) is 9.91. The fourth-order valence-corrected chi connectivity index (χ4v) is 2.65. The predicted octanol–water partition coefficient (Wildman–Crippen LogP) is 3.07. The first-order chi connectivity index (χ1) is 10.3. The molecule has 0 aliphatic heterocycles. The highest BCUT2D eigenvalue weighted by atomic mass is 16.5. The number of rotatable bonds is 3. The maximum Gasteiger partial charge on any atom is 0.252 e. The highest BCUT2D eigenvalue weighted by Crippen LogP contribution is 2.34. The zero-order chi connectivity index (χ0) is 14.2. The summed E-state index contributed by atoms with van der Waals surface area (Å²) in [6.07, 6.45) is 5.43. The predicted molar refractivity (Wildman–Crippen MR) is 79.4 cm³/mol. The van der Waals surface area contributed by atoms with Crippen LogP contribution in [0.2, 0.25) is 0 Å². The molecule has 0 radical (unpaired) electrons. The first-order valence-corrected chi connectivity index (χ1v) is 7.21. The van der Waals surface area contributed by atoms with Crippen molar-refractivity contribution >= 4 is 5.78 Å². The number of benzene rings is 1. The van der Waals surface area contributed by atoms with Crippen molar-refractivity contribution in [2.45, 2.75) is 25.2 Å². The summed E-state index contributed by atoms with van der Waals surface area (Å²) < 4.78 is 7.13. The number of hydrogen-bond donors (Lipinski definition) is 0. The van der Waals surface area contributed by atoms with E-state index in [1.165, 1.54) is 19.3 Å². The smallest absolute Gasteiger partial charge is 0.252 e. The van der Waals surface area contributed by atoms with Gasteiger partial charge in [0.15, 0.2) is 5.82 Å². The zero-order valence-corrected chi connectivity index (χ0v) is 11.9. The van der Waals surface area contributed by atoms with E-state index in [1.807, 2.05) is 34.8 Å². The molecule has 0 saturated heterocycles. The Bertz CT molecular complexity index is 792. The van der Waals surface area contributed by atoms with Crippen LogP contribution in [0.1, 0.15) is 31.0 Å². The normalized spacial score (nSPS) is 15.1. The standard InChI is InChI=1S/C16H16N4O/c1-21-13-7-3-6-12(10-13)14-8-9-17-16-18-15(19-20(14)16)11-4-2-5-11/h3,6-11H,2,4-5H2,1H3. The monoisotopic (exact) mass is 280 g/mol. The Balaban J connectivity index is 1.85. The van der Waals surface area contributed by atoms with Crippen molar-refractivity contribution in [3.63, 3.8) is 0 Å². The first-order valence-electron chi connectivity index (χ1n) is 7.21. The van der Waals surface area contributed by atoms with Gasteiger partial charge in [0.1, 0.15) is 5.75 Å².